The van der Waals surface area contributed by atoms with E-state index in [0.29, 0.717) is 12.5 Å². The average Bonchev–Trinajstić information content (AvgIpc) is 2.86. The van der Waals surface area contributed by atoms with Gasteiger partial charge in [-0.2, -0.15) is 0 Å². The van der Waals surface area contributed by atoms with E-state index in [1.807, 2.05) is 24.9 Å². The molecule has 0 aliphatic heterocycles. The molecule has 0 amide bonds. The molecule has 0 fully saturated rings. The molecule has 0 atom stereocenters. The van der Waals surface area contributed by atoms with Gasteiger partial charge in [-0.05, 0) is 24.8 Å². The van der Waals surface area contributed by atoms with Crippen molar-refractivity contribution >= 4 is 17.3 Å². The number of hydrogen-bond donors (Lipinski definition) is 2. The summed E-state index contributed by atoms with van der Waals surface area (Å²) in [5.41, 5.74) is 2.64. The van der Waals surface area contributed by atoms with E-state index in [2.05, 4.69) is 21.9 Å². The highest BCUT2D eigenvalue weighted by atomic mass is 32.1. The van der Waals surface area contributed by atoms with Crippen molar-refractivity contribution in [3.63, 3.8) is 0 Å². The lowest BCUT2D eigenvalue weighted by Gasteiger charge is -2.19. The first-order chi connectivity index (χ1) is 8.77. The number of hydrogen-bond acceptors (Lipinski definition) is 4. The number of nitrogens with zero attached hydrogens (tertiary/aromatic N) is 2. The maximum atomic E-state index is 5.49. The number of aliphatic imine (C=N–C) groups is 1. The number of rotatable bonds is 7. The lowest BCUT2D eigenvalue weighted by Crippen LogP contribution is -2.42. The number of guanidine groups is 1. The van der Waals surface area contributed by atoms with Gasteiger partial charge in [0.1, 0.15) is 0 Å². The van der Waals surface area contributed by atoms with Crippen LogP contribution >= 0.6 is 11.3 Å². The largest absolute Gasteiger partial charge is 0.382 e. The Morgan fingerprint density at radius 2 is 2.44 bits per heavy atom. The molecular formula is C12H22N4OS. The van der Waals surface area contributed by atoms with Gasteiger partial charge in [-0.3, -0.25) is 10.4 Å². The van der Waals surface area contributed by atoms with Crippen LogP contribution in [0.25, 0.3) is 0 Å². The molecule has 0 saturated heterocycles. The van der Waals surface area contributed by atoms with Gasteiger partial charge in [0.05, 0.1) is 6.54 Å². The Balaban J connectivity index is 2.36. The second kappa shape index (κ2) is 8.91. The highest BCUT2D eigenvalue weighted by Crippen LogP contribution is 2.10. The quantitative estimate of drug-likeness (QED) is 0.259. The van der Waals surface area contributed by atoms with Crippen LogP contribution in [0.2, 0.25) is 0 Å². The minimum Gasteiger partial charge on any atom is -0.382 e. The van der Waals surface area contributed by atoms with Crippen LogP contribution in [0.4, 0.5) is 0 Å². The number of nitrogens with two attached hydrogens (primary N) is 1. The van der Waals surface area contributed by atoms with Crippen LogP contribution in [0.1, 0.15) is 18.2 Å². The molecule has 0 aliphatic rings. The standard InChI is InChI=1S/C12H22N4OS/c1-3-17-8-5-7-14-12(15-13)16(2)10-11-6-4-9-18-11/h4,6,9H,3,5,7-8,10,13H2,1-2H3,(H,14,15). The lowest BCUT2D eigenvalue weighted by molar-refractivity contribution is 0.146. The number of nitrogens with one attached hydrogen (secondary N) is 1. The van der Waals surface area contributed by atoms with Crippen LogP contribution in [0.15, 0.2) is 22.5 Å². The SMILES string of the molecule is CCOCCCN=C(NN)N(C)Cc1cccs1. The summed E-state index contributed by atoms with van der Waals surface area (Å²) in [7, 11) is 1.97. The molecule has 0 radical (unpaired) electrons. The summed E-state index contributed by atoms with van der Waals surface area (Å²) in [4.78, 5) is 7.72. The molecule has 102 valence electrons. The van der Waals surface area contributed by atoms with Crippen molar-refractivity contribution in [3.8, 4) is 0 Å². The van der Waals surface area contributed by atoms with Gasteiger partial charge in [-0.15, -0.1) is 11.3 Å². The molecule has 5 nitrogen and oxygen atoms in total. The first kappa shape index (κ1) is 14.9. The molecule has 1 heterocycles. The molecule has 0 unspecified atom stereocenters. The van der Waals surface area contributed by atoms with Gasteiger partial charge in [0.2, 0.25) is 5.96 Å². The van der Waals surface area contributed by atoms with E-state index < -0.39 is 0 Å². The highest BCUT2D eigenvalue weighted by Gasteiger charge is 2.05. The van der Waals surface area contributed by atoms with E-state index in [9.17, 15) is 0 Å². The molecule has 0 bridgehead atoms. The Hall–Kier alpha value is -1.11. The minimum absolute atomic E-state index is 0.708. The van der Waals surface area contributed by atoms with Gasteiger partial charge < -0.3 is 9.64 Å². The maximum absolute atomic E-state index is 5.49. The Kier molecular flexibility index (Phi) is 7.40. The third-order valence-electron chi connectivity index (χ3n) is 2.38. The summed E-state index contributed by atoms with van der Waals surface area (Å²) in [6.07, 6.45) is 0.909. The van der Waals surface area contributed by atoms with Gasteiger partial charge in [-0.25, -0.2) is 5.84 Å². The Morgan fingerprint density at radius 1 is 1.61 bits per heavy atom. The van der Waals surface area contributed by atoms with E-state index in [-0.39, 0.29) is 0 Å². The first-order valence-electron chi connectivity index (χ1n) is 6.10. The van der Waals surface area contributed by atoms with Crippen LogP contribution in [0.5, 0.6) is 0 Å². The molecule has 0 saturated carbocycles. The predicted octanol–water partition coefficient (Wildman–Crippen LogP) is 1.43. The van der Waals surface area contributed by atoms with E-state index in [1.165, 1.54) is 4.88 Å². The average molecular weight is 270 g/mol. The monoisotopic (exact) mass is 270 g/mol. The second-order valence-electron chi connectivity index (χ2n) is 3.84. The Bertz CT molecular complexity index is 340. The molecule has 0 aromatic carbocycles. The molecule has 6 heteroatoms. The zero-order valence-electron chi connectivity index (χ0n) is 11.1. The smallest absolute Gasteiger partial charge is 0.208 e. The zero-order valence-corrected chi connectivity index (χ0v) is 11.9. The molecule has 0 spiro atoms. The number of ether oxygens (including phenoxy) is 1. The topological polar surface area (TPSA) is 62.9 Å². The highest BCUT2D eigenvalue weighted by molar-refractivity contribution is 7.09. The van der Waals surface area contributed by atoms with Gasteiger partial charge in [0, 0.05) is 31.7 Å². The summed E-state index contributed by atoms with van der Waals surface area (Å²) in [5.74, 6) is 6.20. The first-order valence-corrected chi connectivity index (χ1v) is 6.98. The number of hydrazine groups is 1. The zero-order chi connectivity index (χ0) is 13.2. The van der Waals surface area contributed by atoms with Crippen LogP contribution in [-0.2, 0) is 11.3 Å². The summed E-state index contributed by atoms with van der Waals surface area (Å²) >= 11 is 1.73. The van der Waals surface area contributed by atoms with Crippen LogP contribution < -0.4 is 11.3 Å². The normalized spacial score (nSPS) is 11.6. The summed E-state index contributed by atoms with van der Waals surface area (Å²) in [6, 6.07) is 4.15. The molecule has 0 aliphatic carbocycles. The van der Waals surface area contributed by atoms with Crippen molar-refractivity contribution in [1.82, 2.24) is 10.3 Å². The van der Waals surface area contributed by atoms with E-state index in [0.717, 1.165) is 26.2 Å². The molecular weight excluding hydrogens is 248 g/mol. The van der Waals surface area contributed by atoms with Crippen LogP contribution in [0.3, 0.4) is 0 Å². The van der Waals surface area contributed by atoms with Gasteiger partial charge >= 0.3 is 0 Å². The third kappa shape index (κ3) is 5.48. The van der Waals surface area contributed by atoms with Crippen LogP contribution in [-0.4, -0.2) is 37.7 Å². The fourth-order valence-corrected chi connectivity index (χ4v) is 2.24. The number of thiophene rings is 1. The fraction of sp³-hybridized carbons (Fsp3) is 0.583. The molecule has 3 N–H and O–H groups in total. The minimum atomic E-state index is 0.708. The van der Waals surface area contributed by atoms with Crippen molar-refractivity contribution in [2.24, 2.45) is 10.8 Å². The van der Waals surface area contributed by atoms with Gasteiger partial charge in [0.15, 0.2) is 0 Å². The van der Waals surface area contributed by atoms with Gasteiger partial charge in [-0.1, -0.05) is 6.07 Å². The second-order valence-corrected chi connectivity index (χ2v) is 4.87. The van der Waals surface area contributed by atoms with E-state index >= 15 is 0 Å². The van der Waals surface area contributed by atoms with Crippen molar-refractivity contribution in [2.75, 3.05) is 26.8 Å². The lowest BCUT2D eigenvalue weighted by atomic mass is 10.4. The van der Waals surface area contributed by atoms with Crippen molar-refractivity contribution in [1.29, 1.82) is 0 Å². The van der Waals surface area contributed by atoms with Crippen molar-refractivity contribution < 1.29 is 4.74 Å². The Morgan fingerprint density at radius 3 is 3.06 bits per heavy atom. The maximum Gasteiger partial charge on any atom is 0.208 e. The van der Waals surface area contributed by atoms with Gasteiger partial charge in [0.25, 0.3) is 0 Å². The predicted molar refractivity (Wildman–Crippen MR) is 76.5 cm³/mol. The summed E-state index contributed by atoms with van der Waals surface area (Å²) in [6.45, 7) is 5.02. The van der Waals surface area contributed by atoms with Crippen molar-refractivity contribution in [3.05, 3.63) is 22.4 Å². The molecule has 1 aromatic heterocycles. The Labute approximate surface area is 113 Å². The summed E-state index contributed by atoms with van der Waals surface area (Å²) < 4.78 is 5.26. The summed E-state index contributed by atoms with van der Waals surface area (Å²) in [5, 5.41) is 2.07. The van der Waals surface area contributed by atoms with E-state index in [1.54, 1.807) is 11.3 Å². The van der Waals surface area contributed by atoms with Crippen molar-refractivity contribution in [2.45, 2.75) is 19.9 Å². The fourth-order valence-electron chi connectivity index (χ4n) is 1.48. The molecule has 1 rings (SSSR count). The van der Waals surface area contributed by atoms with Crippen LogP contribution in [0, 0.1) is 0 Å². The molecule has 18 heavy (non-hydrogen) atoms. The third-order valence-corrected chi connectivity index (χ3v) is 3.24. The molecule has 1 aromatic rings. The van der Waals surface area contributed by atoms with E-state index in [4.69, 9.17) is 10.6 Å².